The van der Waals surface area contributed by atoms with Gasteiger partial charge in [0.05, 0.1) is 5.02 Å². The molecule has 0 spiro atoms. The second kappa shape index (κ2) is 6.14. The highest BCUT2D eigenvalue weighted by atomic mass is 35.5. The number of hydrogen-bond acceptors (Lipinski definition) is 4. The fourth-order valence-electron chi connectivity index (χ4n) is 1.20. The largest absolute Gasteiger partial charge is 0.372 e. The van der Waals surface area contributed by atoms with Gasteiger partial charge < -0.3 is 10.1 Å². The summed E-state index contributed by atoms with van der Waals surface area (Å²) in [5, 5.41) is 7.42. The molecule has 1 aromatic carbocycles. The summed E-state index contributed by atoms with van der Waals surface area (Å²) in [4.78, 5) is 11.2. The van der Waals surface area contributed by atoms with Gasteiger partial charge in [-0.1, -0.05) is 11.6 Å². The number of sulfonamides is 1. The third-order valence-corrected chi connectivity index (χ3v) is 3.35. The number of nitrogens with one attached hydrogen (secondary N) is 1. The summed E-state index contributed by atoms with van der Waals surface area (Å²) < 4.78 is 27.1. The summed E-state index contributed by atoms with van der Waals surface area (Å²) >= 11 is 5.76. The lowest BCUT2D eigenvalue weighted by Gasteiger charge is -2.07. The minimum absolute atomic E-state index is 0.0493. The molecule has 0 aliphatic heterocycles. The van der Waals surface area contributed by atoms with Gasteiger partial charge in [0.25, 0.3) is 0 Å². The molecule has 0 radical (unpaired) electrons. The highest BCUT2D eigenvalue weighted by Gasteiger charge is 2.13. The molecule has 0 fully saturated rings. The predicted octanol–water partition coefficient (Wildman–Crippen LogP) is 0.962. The number of anilines is 1. The number of amides is 1. The van der Waals surface area contributed by atoms with Gasteiger partial charge >= 0.3 is 0 Å². The molecule has 100 valence electrons. The normalized spacial score (nSPS) is 11.3. The second-order valence-corrected chi connectivity index (χ2v) is 5.31. The maximum atomic E-state index is 11.3. The predicted molar refractivity (Wildman–Crippen MR) is 67.9 cm³/mol. The average Bonchev–Trinajstić information content (AvgIpc) is 2.24. The van der Waals surface area contributed by atoms with Crippen molar-refractivity contribution in [3.8, 4) is 0 Å². The number of carbonyl (C=O) groups is 1. The summed E-state index contributed by atoms with van der Waals surface area (Å²) in [7, 11) is -3.86. The minimum atomic E-state index is -3.86. The van der Waals surface area contributed by atoms with Gasteiger partial charge in [-0.25, -0.2) is 13.6 Å². The first kappa shape index (κ1) is 14.9. The van der Waals surface area contributed by atoms with Crippen molar-refractivity contribution in [2.75, 3.05) is 18.5 Å². The molecule has 18 heavy (non-hydrogen) atoms. The van der Waals surface area contributed by atoms with Crippen LogP contribution in [-0.2, 0) is 19.6 Å². The van der Waals surface area contributed by atoms with Crippen LogP contribution in [0.15, 0.2) is 23.1 Å². The Morgan fingerprint density at radius 3 is 2.67 bits per heavy atom. The number of halogens is 1. The number of benzene rings is 1. The lowest BCUT2D eigenvalue weighted by Crippen LogP contribution is -2.18. The van der Waals surface area contributed by atoms with Gasteiger partial charge in [0.2, 0.25) is 15.9 Å². The summed E-state index contributed by atoms with van der Waals surface area (Å²) in [6.45, 7) is 2.12. The maximum Gasteiger partial charge on any atom is 0.250 e. The fourth-order valence-corrected chi connectivity index (χ4v) is 2.29. The van der Waals surface area contributed by atoms with Crippen LogP contribution < -0.4 is 10.5 Å². The Morgan fingerprint density at radius 1 is 1.50 bits per heavy atom. The summed E-state index contributed by atoms with van der Waals surface area (Å²) in [6, 6.07) is 3.94. The van der Waals surface area contributed by atoms with E-state index in [9.17, 15) is 13.2 Å². The summed E-state index contributed by atoms with van der Waals surface area (Å²) in [6.07, 6.45) is 0. The summed E-state index contributed by atoms with van der Waals surface area (Å²) in [5.74, 6) is -0.351. The van der Waals surface area contributed by atoms with Gasteiger partial charge in [-0.05, 0) is 25.1 Å². The molecule has 6 nitrogen and oxygen atoms in total. The molecule has 0 aliphatic carbocycles. The van der Waals surface area contributed by atoms with Crippen LogP contribution in [0.25, 0.3) is 0 Å². The van der Waals surface area contributed by atoms with E-state index >= 15 is 0 Å². The zero-order valence-corrected chi connectivity index (χ0v) is 11.2. The van der Waals surface area contributed by atoms with Crippen molar-refractivity contribution in [2.24, 2.45) is 5.14 Å². The van der Waals surface area contributed by atoms with Crippen LogP contribution in [-0.4, -0.2) is 27.5 Å². The standard InChI is InChI=1S/C10H13ClN2O4S/c1-2-17-6-10(14)13-7-3-4-9(8(11)5-7)18(12,15)16/h3-5H,2,6H2,1H3,(H,13,14)(H2,12,15,16). The van der Waals surface area contributed by atoms with Crippen LogP contribution in [0.3, 0.4) is 0 Å². The van der Waals surface area contributed by atoms with Crippen LogP contribution >= 0.6 is 11.6 Å². The van der Waals surface area contributed by atoms with Crippen molar-refractivity contribution in [1.29, 1.82) is 0 Å². The number of nitrogens with two attached hydrogens (primary N) is 1. The van der Waals surface area contributed by atoms with Crippen molar-refractivity contribution in [3.63, 3.8) is 0 Å². The first-order valence-electron chi connectivity index (χ1n) is 5.04. The van der Waals surface area contributed by atoms with Gasteiger partial charge in [-0.3, -0.25) is 4.79 Å². The average molecular weight is 293 g/mol. The van der Waals surface area contributed by atoms with E-state index in [-0.39, 0.29) is 22.4 Å². The third kappa shape index (κ3) is 4.26. The van der Waals surface area contributed by atoms with Crippen LogP contribution in [0.4, 0.5) is 5.69 Å². The molecular weight excluding hydrogens is 280 g/mol. The molecule has 8 heteroatoms. The smallest absolute Gasteiger partial charge is 0.250 e. The molecule has 0 saturated heterocycles. The second-order valence-electron chi connectivity index (χ2n) is 3.38. The first-order chi connectivity index (χ1) is 8.34. The van der Waals surface area contributed by atoms with E-state index < -0.39 is 10.0 Å². The Labute approximate surface area is 110 Å². The fraction of sp³-hybridized carbons (Fsp3) is 0.300. The van der Waals surface area contributed by atoms with Gasteiger partial charge in [0, 0.05) is 12.3 Å². The number of ether oxygens (including phenoxy) is 1. The molecule has 0 bridgehead atoms. The molecule has 3 N–H and O–H groups in total. The first-order valence-corrected chi connectivity index (χ1v) is 6.97. The molecule has 0 aliphatic rings. The lowest BCUT2D eigenvalue weighted by molar-refractivity contribution is -0.120. The van der Waals surface area contributed by atoms with Crippen molar-refractivity contribution < 1.29 is 17.9 Å². The zero-order valence-electron chi connectivity index (χ0n) is 9.64. The van der Waals surface area contributed by atoms with Gasteiger partial charge in [0.15, 0.2) is 0 Å². The minimum Gasteiger partial charge on any atom is -0.372 e. The van der Waals surface area contributed by atoms with E-state index in [1.165, 1.54) is 18.2 Å². The Hall–Kier alpha value is -1.15. The molecule has 0 unspecified atom stereocenters. The molecule has 1 aromatic rings. The summed E-state index contributed by atoms with van der Waals surface area (Å²) in [5.41, 5.74) is 0.372. The van der Waals surface area contributed by atoms with Gasteiger partial charge in [0.1, 0.15) is 11.5 Å². The number of rotatable bonds is 5. The topological polar surface area (TPSA) is 98.5 Å². The highest BCUT2D eigenvalue weighted by Crippen LogP contribution is 2.23. The maximum absolute atomic E-state index is 11.3. The number of hydrogen-bond donors (Lipinski definition) is 2. The van der Waals surface area contributed by atoms with E-state index in [0.29, 0.717) is 12.3 Å². The molecule has 0 atom stereocenters. The molecular formula is C10H13ClN2O4S. The Morgan fingerprint density at radius 2 is 2.17 bits per heavy atom. The van der Waals surface area contributed by atoms with Crippen molar-refractivity contribution >= 4 is 33.2 Å². The van der Waals surface area contributed by atoms with Crippen LogP contribution in [0, 0.1) is 0 Å². The SMILES string of the molecule is CCOCC(=O)Nc1ccc(S(N)(=O)=O)c(Cl)c1. The monoisotopic (exact) mass is 292 g/mol. The molecule has 0 heterocycles. The molecule has 0 aromatic heterocycles. The Kier molecular flexibility index (Phi) is 5.09. The van der Waals surface area contributed by atoms with E-state index in [0.717, 1.165) is 0 Å². The van der Waals surface area contributed by atoms with Crippen molar-refractivity contribution in [1.82, 2.24) is 0 Å². The van der Waals surface area contributed by atoms with E-state index in [2.05, 4.69) is 5.32 Å². The van der Waals surface area contributed by atoms with Gasteiger partial charge in [-0.2, -0.15) is 0 Å². The molecule has 0 saturated carbocycles. The van der Waals surface area contributed by atoms with E-state index in [4.69, 9.17) is 21.5 Å². The number of primary sulfonamides is 1. The Bertz CT molecular complexity index is 545. The quantitative estimate of drug-likeness (QED) is 0.844. The van der Waals surface area contributed by atoms with E-state index in [1.54, 1.807) is 6.92 Å². The van der Waals surface area contributed by atoms with Crippen molar-refractivity contribution in [2.45, 2.75) is 11.8 Å². The van der Waals surface area contributed by atoms with Gasteiger partial charge in [-0.15, -0.1) is 0 Å². The van der Waals surface area contributed by atoms with E-state index in [1.807, 2.05) is 0 Å². The zero-order chi connectivity index (χ0) is 13.8. The Balaban J connectivity index is 2.82. The van der Waals surface area contributed by atoms with Crippen LogP contribution in [0.5, 0.6) is 0 Å². The molecule has 1 amide bonds. The van der Waals surface area contributed by atoms with Crippen LogP contribution in [0.2, 0.25) is 5.02 Å². The highest BCUT2D eigenvalue weighted by molar-refractivity contribution is 7.89. The van der Waals surface area contributed by atoms with Crippen LogP contribution in [0.1, 0.15) is 6.92 Å². The molecule has 1 rings (SSSR count). The lowest BCUT2D eigenvalue weighted by atomic mass is 10.3. The number of carbonyl (C=O) groups excluding carboxylic acids is 1. The third-order valence-electron chi connectivity index (χ3n) is 1.96. The van der Waals surface area contributed by atoms with Crippen molar-refractivity contribution in [3.05, 3.63) is 23.2 Å².